The SMILES string of the molecule is COC(=O)C1=C(CBr)CS[C@H]2C(NC(=O)COc3ccccc3)C(=O)N12. The fourth-order valence-corrected chi connectivity index (χ4v) is 4.82. The number of fused-ring (bicyclic) bond motifs is 1. The third-order valence-electron chi connectivity index (χ3n) is 4.02. The molecule has 1 N–H and O–H groups in total. The second-order valence-corrected chi connectivity index (χ2v) is 7.30. The highest BCUT2D eigenvalue weighted by Gasteiger charge is 2.54. The van der Waals surface area contributed by atoms with Crippen LogP contribution in [0, 0.1) is 0 Å². The molecule has 0 bridgehead atoms. The van der Waals surface area contributed by atoms with Crippen molar-refractivity contribution >= 4 is 45.5 Å². The van der Waals surface area contributed by atoms with Crippen LogP contribution in [0.2, 0.25) is 0 Å². The Morgan fingerprint density at radius 1 is 1.35 bits per heavy atom. The van der Waals surface area contributed by atoms with Crippen molar-refractivity contribution in [1.29, 1.82) is 0 Å². The molecule has 1 unspecified atom stereocenters. The average Bonchev–Trinajstić information content (AvgIpc) is 2.69. The smallest absolute Gasteiger partial charge is 0.354 e. The molecule has 1 aromatic carbocycles. The van der Waals surface area contributed by atoms with E-state index >= 15 is 0 Å². The first kappa shape index (κ1) is 18.8. The Kier molecular flexibility index (Phi) is 5.87. The first-order chi connectivity index (χ1) is 12.6. The maximum absolute atomic E-state index is 12.5. The zero-order valence-electron chi connectivity index (χ0n) is 13.9. The van der Waals surface area contributed by atoms with Crippen LogP contribution in [0.1, 0.15) is 0 Å². The zero-order valence-corrected chi connectivity index (χ0v) is 16.3. The van der Waals surface area contributed by atoms with Gasteiger partial charge in [-0.2, -0.15) is 0 Å². The van der Waals surface area contributed by atoms with Crippen LogP contribution in [0.4, 0.5) is 0 Å². The predicted molar refractivity (Wildman–Crippen MR) is 99.8 cm³/mol. The number of halogens is 1. The zero-order chi connectivity index (χ0) is 18.7. The lowest BCUT2D eigenvalue weighted by Gasteiger charge is -2.49. The Bertz CT molecular complexity index is 755. The second kappa shape index (κ2) is 8.13. The predicted octanol–water partition coefficient (Wildman–Crippen LogP) is 1.29. The Balaban J connectivity index is 1.62. The van der Waals surface area contributed by atoms with Gasteiger partial charge in [0.25, 0.3) is 11.8 Å². The van der Waals surface area contributed by atoms with E-state index in [4.69, 9.17) is 9.47 Å². The van der Waals surface area contributed by atoms with Gasteiger partial charge in [0, 0.05) is 11.1 Å². The number of methoxy groups -OCH3 is 1. The molecule has 2 amide bonds. The van der Waals surface area contributed by atoms with Gasteiger partial charge < -0.3 is 14.8 Å². The van der Waals surface area contributed by atoms with Crippen molar-refractivity contribution in [2.75, 3.05) is 24.8 Å². The molecule has 9 heteroatoms. The van der Waals surface area contributed by atoms with Gasteiger partial charge in [-0.15, -0.1) is 11.8 Å². The molecule has 0 aliphatic carbocycles. The molecule has 1 fully saturated rings. The summed E-state index contributed by atoms with van der Waals surface area (Å²) < 4.78 is 10.2. The first-order valence-electron chi connectivity index (χ1n) is 7.85. The van der Waals surface area contributed by atoms with Crippen LogP contribution in [0.3, 0.4) is 0 Å². The molecule has 138 valence electrons. The van der Waals surface area contributed by atoms with Crippen molar-refractivity contribution in [3.63, 3.8) is 0 Å². The van der Waals surface area contributed by atoms with Crippen LogP contribution >= 0.6 is 27.7 Å². The number of carbonyl (C=O) groups excluding carboxylic acids is 3. The number of alkyl halides is 1. The molecular weight excluding hydrogens is 424 g/mol. The number of para-hydroxylation sites is 1. The minimum absolute atomic E-state index is 0.183. The fraction of sp³-hybridized carbons (Fsp3) is 0.353. The second-order valence-electron chi connectivity index (χ2n) is 5.63. The van der Waals surface area contributed by atoms with Gasteiger partial charge in [-0.1, -0.05) is 34.1 Å². The molecule has 1 saturated heterocycles. The number of thioether (sulfide) groups is 1. The molecule has 7 nitrogen and oxygen atoms in total. The summed E-state index contributed by atoms with van der Waals surface area (Å²) in [6.45, 7) is -0.183. The molecule has 0 radical (unpaired) electrons. The Morgan fingerprint density at radius 3 is 2.73 bits per heavy atom. The average molecular weight is 441 g/mol. The van der Waals surface area contributed by atoms with E-state index in [2.05, 4.69) is 21.2 Å². The van der Waals surface area contributed by atoms with Gasteiger partial charge in [-0.25, -0.2) is 4.79 Å². The summed E-state index contributed by atoms with van der Waals surface area (Å²) >= 11 is 4.83. The summed E-state index contributed by atoms with van der Waals surface area (Å²) in [4.78, 5) is 38.1. The molecule has 0 aromatic heterocycles. The number of β-lactam (4-membered cyclic amide) rings is 1. The van der Waals surface area contributed by atoms with Crippen LogP contribution in [-0.2, 0) is 19.1 Å². The molecule has 26 heavy (non-hydrogen) atoms. The van der Waals surface area contributed by atoms with Gasteiger partial charge in [-0.05, 0) is 17.7 Å². The Hall–Kier alpha value is -2.00. The standard InChI is InChI=1S/C17H17BrN2O5S/c1-24-17(23)14-10(7-18)9-26-16-13(15(22)20(14)16)19-12(21)8-25-11-5-3-2-4-6-11/h2-6,13,16H,7-9H2,1H3,(H,19,21)/t13?,16-/m0/s1. The number of nitrogens with one attached hydrogen (secondary N) is 1. The molecule has 0 spiro atoms. The maximum Gasteiger partial charge on any atom is 0.354 e. The highest BCUT2D eigenvalue weighted by atomic mass is 79.9. The molecule has 2 aliphatic heterocycles. The minimum atomic E-state index is -0.677. The monoisotopic (exact) mass is 440 g/mol. The number of rotatable bonds is 6. The topological polar surface area (TPSA) is 84.9 Å². The van der Waals surface area contributed by atoms with Crippen molar-refractivity contribution in [2.24, 2.45) is 0 Å². The number of esters is 1. The molecule has 1 aromatic rings. The number of hydrogen-bond acceptors (Lipinski definition) is 6. The summed E-state index contributed by atoms with van der Waals surface area (Å²) in [6, 6.07) is 8.28. The minimum Gasteiger partial charge on any atom is -0.484 e. The highest BCUT2D eigenvalue weighted by molar-refractivity contribution is 9.09. The summed E-state index contributed by atoms with van der Waals surface area (Å²) in [6.07, 6.45) is 0. The van der Waals surface area contributed by atoms with Gasteiger partial charge in [0.05, 0.1) is 7.11 Å². The fourth-order valence-electron chi connectivity index (χ4n) is 2.75. The maximum atomic E-state index is 12.5. The van der Waals surface area contributed by atoms with E-state index in [1.165, 1.54) is 23.8 Å². The number of ether oxygens (including phenoxy) is 2. The summed E-state index contributed by atoms with van der Waals surface area (Å²) in [7, 11) is 1.28. The van der Waals surface area contributed by atoms with Crippen molar-refractivity contribution in [1.82, 2.24) is 10.2 Å². The number of nitrogens with zero attached hydrogens (tertiary/aromatic N) is 1. The van der Waals surface area contributed by atoms with E-state index < -0.39 is 12.0 Å². The van der Waals surface area contributed by atoms with Crippen LogP contribution < -0.4 is 10.1 Å². The van der Waals surface area contributed by atoms with Gasteiger partial charge in [0.1, 0.15) is 22.9 Å². The Labute approximate surface area is 163 Å². The van der Waals surface area contributed by atoms with Gasteiger partial charge in [0.2, 0.25) is 0 Å². The van der Waals surface area contributed by atoms with Gasteiger partial charge in [0.15, 0.2) is 6.61 Å². The van der Waals surface area contributed by atoms with Crippen molar-refractivity contribution in [3.05, 3.63) is 41.6 Å². The van der Waals surface area contributed by atoms with E-state index in [9.17, 15) is 14.4 Å². The number of benzene rings is 1. The molecule has 2 atom stereocenters. The lowest BCUT2D eigenvalue weighted by Crippen LogP contribution is -2.71. The quantitative estimate of drug-likeness (QED) is 0.407. The van der Waals surface area contributed by atoms with E-state index in [-0.39, 0.29) is 29.5 Å². The summed E-state index contributed by atoms with van der Waals surface area (Å²) in [5.41, 5.74) is 1.06. The number of hydrogen-bond donors (Lipinski definition) is 1. The summed E-state index contributed by atoms with van der Waals surface area (Å²) in [5.74, 6) is -0.0994. The van der Waals surface area contributed by atoms with Crippen LogP contribution in [0.25, 0.3) is 0 Å². The normalized spacial score (nSPS) is 21.6. The number of carbonyl (C=O) groups is 3. The first-order valence-corrected chi connectivity index (χ1v) is 10.0. The van der Waals surface area contributed by atoms with E-state index in [1.807, 2.05) is 6.07 Å². The summed E-state index contributed by atoms with van der Waals surface area (Å²) in [5, 5.41) is 2.84. The third kappa shape index (κ3) is 3.59. The van der Waals surface area contributed by atoms with Crippen LogP contribution in [0.15, 0.2) is 41.6 Å². The number of amides is 2. The third-order valence-corrected chi connectivity index (χ3v) is 6.03. The van der Waals surface area contributed by atoms with Crippen molar-refractivity contribution < 1.29 is 23.9 Å². The molecule has 3 rings (SSSR count). The molecular formula is C17H17BrN2O5S. The molecule has 2 aliphatic rings. The van der Waals surface area contributed by atoms with Crippen LogP contribution in [0.5, 0.6) is 5.75 Å². The lowest BCUT2D eigenvalue weighted by molar-refractivity contribution is -0.152. The molecule has 0 saturated carbocycles. The molecule has 2 heterocycles. The van der Waals surface area contributed by atoms with Crippen LogP contribution in [-0.4, -0.2) is 58.9 Å². The van der Waals surface area contributed by atoms with E-state index in [0.29, 0.717) is 16.8 Å². The van der Waals surface area contributed by atoms with E-state index in [1.54, 1.807) is 24.3 Å². The van der Waals surface area contributed by atoms with Crippen molar-refractivity contribution in [2.45, 2.75) is 11.4 Å². The Morgan fingerprint density at radius 2 is 2.08 bits per heavy atom. The largest absolute Gasteiger partial charge is 0.484 e. The lowest BCUT2D eigenvalue weighted by atomic mass is 10.0. The van der Waals surface area contributed by atoms with Crippen molar-refractivity contribution in [3.8, 4) is 5.75 Å². The highest BCUT2D eigenvalue weighted by Crippen LogP contribution is 2.40. The van der Waals surface area contributed by atoms with Gasteiger partial charge >= 0.3 is 5.97 Å². The van der Waals surface area contributed by atoms with Gasteiger partial charge in [-0.3, -0.25) is 14.5 Å². The van der Waals surface area contributed by atoms with E-state index in [0.717, 1.165) is 5.57 Å².